The topological polar surface area (TPSA) is 99.1 Å². The molecule has 114 valence electrons. The zero-order valence-electron chi connectivity index (χ0n) is 11.7. The number of anilines is 1. The van der Waals surface area contributed by atoms with Gasteiger partial charge in [0.25, 0.3) is 0 Å². The summed E-state index contributed by atoms with van der Waals surface area (Å²) in [5.74, 6) is -0.427. The van der Waals surface area contributed by atoms with Crippen LogP contribution in [0.3, 0.4) is 0 Å². The van der Waals surface area contributed by atoms with Crippen molar-refractivity contribution < 1.29 is 24.5 Å². The third-order valence-electron chi connectivity index (χ3n) is 3.24. The van der Waals surface area contributed by atoms with Gasteiger partial charge in [-0.15, -0.1) is 0 Å². The lowest BCUT2D eigenvalue weighted by Crippen LogP contribution is -2.43. The molecule has 1 heterocycles. The molecule has 1 aromatic rings. The Labute approximate surface area is 122 Å². The third kappa shape index (κ3) is 3.63. The van der Waals surface area contributed by atoms with Gasteiger partial charge in [0.1, 0.15) is 11.8 Å². The summed E-state index contributed by atoms with van der Waals surface area (Å²) in [4.78, 5) is 24.3. The van der Waals surface area contributed by atoms with E-state index in [0.717, 1.165) is 4.90 Å². The molecule has 7 heteroatoms. The van der Waals surface area contributed by atoms with E-state index in [2.05, 4.69) is 5.32 Å². The van der Waals surface area contributed by atoms with E-state index in [1.165, 1.54) is 0 Å². The molecule has 0 saturated carbocycles. The Kier molecular flexibility index (Phi) is 4.64. The van der Waals surface area contributed by atoms with Gasteiger partial charge in [0.15, 0.2) is 0 Å². The standard InChI is InChI=1S/C14H18N2O5/c1-2-21-11-5-3-9(4-6-11)15-14(20)16-8-10(17)7-12(16)13(18)19/h3-6,10,12,17H,2,7-8H2,1H3,(H,15,20)(H,18,19)/t10?,12-/m0/s1. The van der Waals surface area contributed by atoms with Gasteiger partial charge in [-0.25, -0.2) is 9.59 Å². The molecule has 0 bridgehead atoms. The molecule has 2 amide bonds. The minimum Gasteiger partial charge on any atom is -0.494 e. The highest BCUT2D eigenvalue weighted by molar-refractivity contribution is 5.92. The maximum absolute atomic E-state index is 12.1. The second kappa shape index (κ2) is 6.45. The van der Waals surface area contributed by atoms with Gasteiger partial charge in [-0.05, 0) is 31.2 Å². The van der Waals surface area contributed by atoms with Gasteiger partial charge in [0.05, 0.1) is 12.7 Å². The lowest BCUT2D eigenvalue weighted by atomic mass is 10.2. The van der Waals surface area contributed by atoms with Crippen LogP contribution < -0.4 is 10.1 Å². The van der Waals surface area contributed by atoms with Crippen molar-refractivity contribution in [3.05, 3.63) is 24.3 Å². The minimum atomic E-state index is -1.12. The molecule has 0 aliphatic carbocycles. The molecule has 0 aromatic heterocycles. The molecule has 21 heavy (non-hydrogen) atoms. The average molecular weight is 294 g/mol. The first-order valence-electron chi connectivity index (χ1n) is 6.72. The molecular formula is C14H18N2O5. The normalized spacial score (nSPS) is 21.1. The van der Waals surface area contributed by atoms with Crippen molar-refractivity contribution in [2.75, 3.05) is 18.5 Å². The fourth-order valence-electron chi connectivity index (χ4n) is 2.27. The summed E-state index contributed by atoms with van der Waals surface area (Å²) in [6.45, 7) is 2.44. The van der Waals surface area contributed by atoms with Crippen LogP contribution in [0.4, 0.5) is 10.5 Å². The minimum absolute atomic E-state index is 0.0137. The molecule has 0 radical (unpaired) electrons. The Balaban J connectivity index is 2.01. The summed E-state index contributed by atoms with van der Waals surface area (Å²) in [5, 5.41) is 21.2. The number of carbonyl (C=O) groups excluding carboxylic acids is 1. The highest BCUT2D eigenvalue weighted by Gasteiger charge is 2.38. The molecule has 1 aliphatic rings. The summed E-state index contributed by atoms with van der Waals surface area (Å²) in [7, 11) is 0. The number of amides is 2. The number of likely N-dealkylation sites (tertiary alicyclic amines) is 1. The molecule has 0 spiro atoms. The predicted octanol–water partition coefficient (Wildman–Crippen LogP) is 1.14. The molecule has 2 atom stereocenters. The Bertz CT molecular complexity index is 517. The molecule has 1 aromatic carbocycles. The van der Waals surface area contributed by atoms with Gasteiger partial charge in [-0.1, -0.05) is 0 Å². The summed E-state index contributed by atoms with van der Waals surface area (Å²) >= 11 is 0. The van der Waals surface area contributed by atoms with Crippen LogP contribution in [0.2, 0.25) is 0 Å². The molecule has 1 saturated heterocycles. The molecular weight excluding hydrogens is 276 g/mol. The van der Waals surface area contributed by atoms with Crippen molar-refractivity contribution in [3.63, 3.8) is 0 Å². The van der Waals surface area contributed by atoms with Gasteiger partial charge < -0.3 is 25.2 Å². The molecule has 2 rings (SSSR count). The summed E-state index contributed by atoms with van der Waals surface area (Å²) in [5.41, 5.74) is 0.536. The monoisotopic (exact) mass is 294 g/mol. The number of rotatable bonds is 4. The van der Waals surface area contributed by atoms with E-state index in [9.17, 15) is 14.7 Å². The third-order valence-corrected chi connectivity index (χ3v) is 3.24. The number of nitrogens with one attached hydrogen (secondary N) is 1. The van der Waals surface area contributed by atoms with Gasteiger partial charge in [-0.3, -0.25) is 0 Å². The fraction of sp³-hybridized carbons (Fsp3) is 0.429. The average Bonchev–Trinajstić information content (AvgIpc) is 2.84. The van der Waals surface area contributed by atoms with Crippen molar-refractivity contribution >= 4 is 17.7 Å². The van der Waals surface area contributed by atoms with E-state index in [1.807, 2.05) is 6.92 Å². The largest absolute Gasteiger partial charge is 0.494 e. The molecule has 3 N–H and O–H groups in total. The SMILES string of the molecule is CCOc1ccc(NC(=O)N2CC(O)C[C@H]2C(=O)O)cc1. The van der Waals surface area contributed by atoms with Crippen LogP contribution in [0.25, 0.3) is 0 Å². The number of carbonyl (C=O) groups is 2. The Hall–Kier alpha value is -2.28. The number of carboxylic acids is 1. The maximum atomic E-state index is 12.1. The second-order valence-corrected chi connectivity index (χ2v) is 4.78. The lowest BCUT2D eigenvalue weighted by molar-refractivity contribution is -0.141. The van der Waals surface area contributed by atoms with Crippen LogP contribution >= 0.6 is 0 Å². The first-order valence-corrected chi connectivity index (χ1v) is 6.72. The number of nitrogens with zero attached hydrogens (tertiary/aromatic N) is 1. The van der Waals surface area contributed by atoms with Gasteiger partial charge in [0, 0.05) is 18.7 Å². The number of carboxylic acid groups (broad SMARTS) is 1. The van der Waals surface area contributed by atoms with Crippen molar-refractivity contribution in [2.45, 2.75) is 25.5 Å². The Morgan fingerprint density at radius 3 is 2.62 bits per heavy atom. The van der Waals surface area contributed by atoms with Crippen LogP contribution in [-0.2, 0) is 4.79 Å². The van der Waals surface area contributed by atoms with Gasteiger partial charge >= 0.3 is 12.0 Å². The summed E-state index contributed by atoms with van der Waals surface area (Å²) in [6, 6.07) is 5.24. The number of β-amino-alcohol motifs (C(OH)–C–C–N with tert-alkyl or cyclic N) is 1. The van der Waals surface area contributed by atoms with Crippen LogP contribution in [-0.4, -0.2) is 52.4 Å². The summed E-state index contributed by atoms with van der Waals surface area (Å²) in [6.07, 6.45) is -0.761. The summed E-state index contributed by atoms with van der Waals surface area (Å²) < 4.78 is 5.29. The number of benzene rings is 1. The quantitative estimate of drug-likeness (QED) is 0.773. The van der Waals surface area contributed by atoms with E-state index in [1.54, 1.807) is 24.3 Å². The van der Waals surface area contributed by atoms with Crippen molar-refractivity contribution in [1.82, 2.24) is 4.90 Å². The maximum Gasteiger partial charge on any atom is 0.326 e. The first kappa shape index (κ1) is 15.1. The van der Waals surface area contributed by atoms with Crippen LogP contribution in [0.15, 0.2) is 24.3 Å². The molecule has 1 unspecified atom stereocenters. The van der Waals surface area contributed by atoms with Crippen LogP contribution in [0.1, 0.15) is 13.3 Å². The Morgan fingerprint density at radius 2 is 2.05 bits per heavy atom. The highest BCUT2D eigenvalue weighted by atomic mass is 16.5. The van der Waals surface area contributed by atoms with Crippen molar-refractivity contribution in [3.8, 4) is 5.75 Å². The van der Waals surface area contributed by atoms with E-state index >= 15 is 0 Å². The number of ether oxygens (including phenoxy) is 1. The van der Waals surface area contributed by atoms with E-state index in [4.69, 9.17) is 9.84 Å². The lowest BCUT2D eigenvalue weighted by Gasteiger charge is -2.21. The number of hydrogen-bond acceptors (Lipinski definition) is 4. The zero-order chi connectivity index (χ0) is 15.4. The van der Waals surface area contributed by atoms with Gasteiger partial charge in [0.2, 0.25) is 0 Å². The molecule has 7 nitrogen and oxygen atoms in total. The van der Waals surface area contributed by atoms with Crippen molar-refractivity contribution in [2.24, 2.45) is 0 Å². The number of hydrogen-bond donors (Lipinski definition) is 3. The van der Waals surface area contributed by atoms with Gasteiger partial charge in [-0.2, -0.15) is 0 Å². The number of aliphatic carboxylic acids is 1. The number of urea groups is 1. The predicted molar refractivity (Wildman–Crippen MR) is 75.4 cm³/mol. The van der Waals surface area contributed by atoms with E-state index in [-0.39, 0.29) is 13.0 Å². The highest BCUT2D eigenvalue weighted by Crippen LogP contribution is 2.21. The smallest absolute Gasteiger partial charge is 0.326 e. The number of aliphatic hydroxyl groups is 1. The van der Waals surface area contributed by atoms with E-state index in [0.29, 0.717) is 18.0 Å². The van der Waals surface area contributed by atoms with Crippen molar-refractivity contribution in [1.29, 1.82) is 0 Å². The molecule has 1 fully saturated rings. The van der Waals surface area contributed by atoms with E-state index < -0.39 is 24.1 Å². The zero-order valence-corrected chi connectivity index (χ0v) is 11.7. The number of aliphatic hydroxyl groups excluding tert-OH is 1. The second-order valence-electron chi connectivity index (χ2n) is 4.78. The fourth-order valence-corrected chi connectivity index (χ4v) is 2.27. The van der Waals surface area contributed by atoms with Crippen LogP contribution in [0, 0.1) is 0 Å². The van der Waals surface area contributed by atoms with Crippen LogP contribution in [0.5, 0.6) is 5.75 Å². The first-order chi connectivity index (χ1) is 10.0. The Morgan fingerprint density at radius 1 is 1.38 bits per heavy atom. The molecule has 1 aliphatic heterocycles.